The van der Waals surface area contributed by atoms with Crippen molar-refractivity contribution in [2.75, 3.05) is 0 Å². The summed E-state index contributed by atoms with van der Waals surface area (Å²) >= 11 is 1.81. The van der Waals surface area contributed by atoms with Crippen LogP contribution in [-0.2, 0) is 0 Å². The largest absolute Gasteiger partial charge is 0.246 e. The molecule has 0 N–H and O–H groups in total. The van der Waals surface area contributed by atoms with Crippen LogP contribution in [0, 0.1) is 0 Å². The normalized spacial score (nSPS) is 11.4. The molecule has 47 heavy (non-hydrogen) atoms. The highest BCUT2D eigenvalue weighted by atomic mass is 32.1. The minimum atomic E-state index is 0.706. The second kappa shape index (κ2) is 11.4. The van der Waals surface area contributed by atoms with Crippen molar-refractivity contribution in [3.8, 4) is 56.3 Å². The molecular weight excluding hydrogens is 591 g/mol. The zero-order valence-corrected chi connectivity index (χ0v) is 26.2. The van der Waals surface area contributed by atoms with Crippen molar-refractivity contribution in [3.63, 3.8) is 0 Å². The van der Waals surface area contributed by atoms with E-state index in [0.29, 0.717) is 5.82 Å². The summed E-state index contributed by atoms with van der Waals surface area (Å²) < 4.78 is 2.49. The zero-order chi connectivity index (χ0) is 31.2. The fourth-order valence-electron chi connectivity index (χ4n) is 6.35. The Balaban J connectivity index is 1.15. The van der Waals surface area contributed by atoms with Crippen molar-refractivity contribution in [1.82, 2.24) is 15.0 Å². The van der Waals surface area contributed by atoms with Crippen molar-refractivity contribution in [2.45, 2.75) is 0 Å². The number of para-hydroxylation sites is 1. The highest BCUT2D eigenvalue weighted by Crippen LogP contribution is 2.43. The third kappa shape index (κ3) is 4.96. The Hall–Kier alpha value is -5.97. The SMILES string of the molecule is c1ccc(-c2ccc(-c3cc(-c4ccc(-c5nc6ccccc6c6c5sc5ccccc56)cc4)nc(-c4ccccc4)n3)cc2)cc1. The fourth-order valence-corrected chi connectivity index (χ4v) is 7.58. The highest BCUT2D eigenvalue weighted by Gasteiger charge is 2.17. The van der Waals surface area contributed by atoms with Crippen molar-refractivity contribution in [3.05, 3.63) is 164 Å². The molecule has 0 aliphatic rings. The average molecular weight is 618 g/mol. The summed E-state index contributed by atoms with van der Waals surface area (Å²) in [6.45, 7) is 0. The summed E-state index contributed by atoms with van der Waals surface area (Å²) in [5.41, 5.74) is 10.3. The first-order chi connectivity index (χ1) is 23.3. The molecule has 0 atom stereocenters. The minimum Gasteiger partial charge on any atom is -0.246 e. The van der Waals surface area contributed by atoms with Gasteiger partial charge in [-0.1, -0.05) is 146 Å². The van der Waals surface area contributed by atoms with Gasteiger partial charge in [0.15, 0.2) is 5.82 Å². The molecule has 3 heterocycles. The van der Waals surface area contributed by atoms with Crippen LogP contribution in [0.1, 0.15) is 0 Å². The van der Waals surface area contributed by atoms with Crippen molar-refractivity contribution in [2.24, 2.45) is 0 Å². The predicted octanol–water partition coefficient (Wildman–Crippen LogP) is 11.7. The molecular formula is C43H27N3S. The Morgan fingerprint density at radius 1 is 0.383 bits per heavy atom. The summed E-state index contributed by atoms with van der Waals surface area (Å²) in [4.78, 5) is 15.3. The first kappa shape index (κ1) is 27.3. The summed E-state index contributed by atoms with van der Waals surface area (Å²) in [7, 11) is 0. The van der Waals surface area contributed by atoms with Crippen molar-refractivity contribution >= 4 is 42.4 Å². The van der Waals surface area contributed by atoms with Crippen LogP contribution in [0.5, 0.6) is 0 Å². The van der Waals surface area contributed by atoms with Gasteiger partial charge in [-0.25, -0.2) is 15.0 Å². The third-order valence-corrected chi connectivity index (χ3v) is 9.89. The lowest BCUT2D eigenvalue weighted by atomic mass is 10.0. The lowest BCUT2D eigenvalue weighted by molar-refractivity contribution is 1.18. The molecule has 0 aliphatic carbocycles. The quantitative estimate of drug-likeness (QED) is 0.193. The number of hydrogen-bond donors (Lipinski definition) is 0. The van der Waals surface area contributed by atoms with Gasteiger partial charge in [-0.15, -0.1) is 11.3 Å². The lowest BCUT2D eigenvalue weighted by Gasteiger charge is -2.11. The summed E-state index contributed by atoms with van der Waals surface area (Å²) in [5.74, 6) is 0.706. The Labute approximate surface area is 276 Å². The molecule has 220 valence electrons. The second-order valence-electron chi connectivity index (χ2n) is 11.6. The molecule has 0 saturated heterocycles. The van der Waals surface area contributed by atoms with E-state index in [2.05, 4.69) is 140 Å². The Morgan fingerprint density at radius 2 is 0.894 bits per heavy atom. The van der Waals surface area contributed by atoms with E-state index < -0.39 is 0 Å². The number of aromatic nitrogens is 3. The number of thiophene rings is 1. The van der Waals surface area contributed by atoms with Gasteiger partial charge in [0.2, 0.25) is 0 Å². The van der Waals surface area contributed by atoms with Crippen LogP contribution in [0.15, 0.2) is 164 Å². The lowest BCUT2D eigenvalue weighted by Crippen LogP contribution is -1.96. The van der Waals surface area contributed by atoms with Gasteiger partial charge >= 0.3 is 0 Å². The second-order valence-corrected chi connectivity index (χ2v) is 12.7. The first-order valence-corrected chi connectivity index (χ1v) is 16.5. The Kier molecular flexibility index (Phi) is 6.65. The van der Waals surface area contributed by atoms with Gasteiger partial charge in [0.25, 0.3) is 0 Å². The van der Waals surface area contributed by atoms with Crippen LogP contribution in [0.4, 0.5) is 0 Å². The average Bonchev–Trinajstić information content (AvgIpc) is 3.55. The number of pyridine rings is 1. The molecule has 0 radical (unpaired) electrons. The van der Waals surface area contributed by atoms with E-state index in [0.717, 1.165) is 44.9 Å². The molecule has 9 rings (SSSR count). The monoisotopic (exact) mass is 617 g/mol. The van der Waals surface area contributed by atoms with Crippen LogP contribution in [0.2, 0.25) is 0 Å². The molecule has 0 amide bonds. The molecule has 0 unspecified atom stereocenters. The molecule has 0 bridgehead atoms. The summed E-state index contributed by atoms with van der Waals surface area (Å²) in [6.07, 6.45) is 0. The maximum Gasteiger partial charge on any atom is 0.160 e. The van der Waals surface area contributed by atoms with Crippen LogP contribution in [0.25, 0.3) is 87.4 Å². The van der Waals surface area contributed by atoms with Gasteiger partial charge in [0.05, 0.1) is 27.3 Å². The fraction of sp³-hybridized carbons (Fsp3) is 0. The van der Waals surface area contributed by atoms with Crippen LogP contribution in [-0.4, -0.2) is 15.0 Å². The smallest absolute Gasteiger partial charge is 0.160 e. The molecule has 6 aromatic carbocycles. The van der Waals surface area contributed by atoms with Gasteiger partial charge in [-0.05, 0) is 29.3 Å². The summed E-state index contributed by atoms with van der Waals surface area (Å²) in [5, 5.41) is 3.75. The van der Waals surface area contributed by atoms with E-state index in [-0.39, 0.29) is 0 Å². The molecule has 0 aliphatic heterocycles. The van der Waals surface area contributed by atoms with Gasteiger partial charge in [0.1, 0.15) is 0 Å². The number of rotatable bonds is 5. The molecule has 0 saturated carbocycles. The first-order valence-electron chi connectivity index (χ1n) is 15.7. The number of nitrogens with zero attached hydrogens (tertiary/aromatic N) is 3. The van der Waals surface area contributed by atoms with E-state index >= 15 is 0 Å². The zero-order valence-electron chi connectivity index (χ0n) is 25.3. The van der Waals surface area contributed by atoms with Crippen LogP contribution < -0.4 is 0 Å². The molecule has 9 aromatic rings. The van der Waals surface area contributed by atoms with Gasteiger partial charge in [-0.3, -0.25) is 0 Å². The molecule has 0 fully saturated rings. The Bertz CT molecular complexity index is 2540. The third-order valence-electron chi connectivity index (χ3n) is 8.72. The van der Waals surface area contributed by atoms with Crippen molar-refractivity contribution in [1.29, 1.82) is 0 Å². The summed E-state index contributed by atoms with van der Waals surface area (Å²) in [6, 6.07) is 57.1. The van der Waals surface area contributed by atoms with Crippen molar-refractivity contribution < 1.29 is 0 Å². The van der Waals surface area contributed by atoms with Gasteiger partial charge in [-0.2, -0.15) is 0 Å². The van der Waals surface area contributed by atoms with Crippen LogP contribution >= 0.6 is 11.3 Å². The number of benzene rings is 6. The van der Waals surface area contributed by atoms with Gasteiger partial charge < -0.3 is 0 Å². The molecule has 4 heteroatoms. The Morgan fingerprint density at radius 3 is 1.57 bits per heavy atom. The molecule has 3 nitrogen and oxygen atoms in total. The minimum absolute atomic E-state index is 0.706. The van der Waals surface area contributed by atoms with Gasteiger partial charge in [0, 0.05) is 43.1 Å². The molecule has 3 aromatic heterocycles. The highest BCUT2D eigenvalue weighted by molar-refractivity contribution is 7.26. The maximum atomic E-state index is 5.19. The van der Waals surface area contributed by atoms with E-state index in [1.54, 1.807) is 0 Å². The predicted molar refractivity (Wildman–Crippen MR) is 197 cm³/mol. The van der Waals surface area contributed by atoms with E-state index in [4.69, 9.17) is 15.0 Å². The van der Waals surface area contributed by atoms with Crippen LogP contribution in [0.3, 0.4) is 0 Å². The number of hydrogen-bond acceptors (Lipinski definition) is 4. The topological polar surface area (TPSA) is 38.7 Å². The standard InChI is InChI=1S/C43H27N3S/c1-3-11-28(12-4-1)29-19-21-30(22-20-29)37-27-38(46-43(45-37)33-13-5-2-6-14-33)31-23-25-32(26-24-31)41-42-40(34-15-7-9-17-36(34)44-41)35-16-8-10-18-39(35)47-42/h1-27H. The number of fused-ring (bicyclic) bond motifs is 5. The van der Waals surface area contributed by atoms with E-state index in [9.17, 15) is 0 Å². The van der Waals surface area contributed by atoms with E-state index in [1.807, 2.05) is 35.6 Å². The maximum absolute atomic E-state index is 5.19. The molecule has 0 spiro atoms. The van der Waals surface area contributed by atoms with E-state index in [1.165, 1.54) is 36.7 Å².